The van der Waals surface area contributed by atoms with E-state index in [1.165, 1.54) is 55.5 Å². The third-order valence-electron chi connectivity index (χ3n) is 9.86. The van der Waals surface area contributed by atoms with Gasteiger partial charge in [-0.3, -0.25) is 10.6 Å². The van der Waals surface area contributed by atoms with E-state index < -0.39 is 0 Å². The van der Waals surface area contributed by atoms with Crippen molar-refractivity contribution < 1.29 is 15.2 Å². The van der Waals surface area contributed by atoms with Gasteiger partial charge in [-0.15, -0.1) is 0 Å². The molecule has 1 amide bonds. The van der Waals surface area contributed by atoms with Gasteiger partial charge in [-0.05, 0) is 72.0 Å². The Labute approximate surface area is 267 Å². The van der Waals surface area contributed by atoms with Crippen molar-refractivity contribution in [2.75, 3.05) is 18.5 Å². The fourth-order valence-corrected chi connectivity index (χ4v) is 7.65. The summed E-state index contributed by atoms with van der Waals surface area (Å²) in [6.45, 7) is 10.3. The Hall–Kier alpha value is -4.48. The van der Waals surface area contributed by atoms with Gasteiger partial charge in [0.1, 0.15) is 7.05 Å². The summed E-state index contributed by atoms with van der Waals surface area (Å²) < 4.78 is 2.34. The summed E-state index contributed by atoms with van der Waals surface area (Å²) in [7, 11) is 2.18. The van der Waals surface area contributed by atoms with E-state index in [1.54, 1.807) is 0 Å². The Bertz CT molecular complexity index is 1910. The zero-order chi connectivity index (χ0) is 31.8. The molecule has 0 saturated heterocycles. The van der Waals surface area contributed by atoms with E-state index in [0.717, 1.165) is 25.8 Å². The van der Waals surface area contributed by atoms with Gasteiger partial charge in [-0.2, -0.15) is 4.58 Å². The van der Waals surface area contributed by atoms with Crippen molar-refractivity contribution in [3.63, 3.8) is 0 Å². The lowest BCUT2D eigenvalue weighted by Gasteiger charge is -2.27. The minimum Gasteiger partial charge on any atom is -0.344 e. The highest BCUT2D eigenvalue weighted by molar-refractivity contribution is 6.07. The molecular weight excluding hydrogens is 552 g/mol. The third kappa shape index (κ3) is 5.40. The standard InChI is InChI=1S/C40H44N4O/c1-39(2)34(43(5)32-25-23-28-16-11-13-18-30(28)37(32)39)20-8-6-9-21-35-40(3,4)38-31-19-14-12-17-29(31)24-26-33(38)44(35)27-15-7-10-22-36(45)42-41/h6,8-9,11-14,16-21,23-26H,7,10,15,22,27,41H2,1-5H3/p+2. The highest BCUT2D eigenvalue weighted by atomic mass is 16.2. The predicted molar refractivity (Wildman–Crippen MR) is 188 cm³/mol. The summed E-state index contributed by atoms with van der Waals surface area (Å²) in [5.74, 6) is 3.50. The van der Waals surface area contributed by atoms with Crippen LogP contribution in [0.3, 0.4) is 0 Å². The normalized spacial score (nSPS) is 17.7. The zero-order valence-electron chi connectivity index (χ0n) is 27.4. The van der Waals surface area contributed by atoms with Crippen LogP contribution >= 0.6 is 0 Å². The Balaban J connectivity index is 1.27. The molecule has 0 atom stereocenters. The summed E-state index contributed by atoms with van der Waals surface area (Å²) in [4.78, 5) is 14.2. The van der Waals surface area contributed by atoms with E-state index in [2.05, 4.69) is 159 Å². The smallest absolute Gasteiger partial charge is 0.264 e. The number of unbranched alkanes of at least 4 members (excludes halogenated alkanes) is 2. The lowest BCUT2D eigenvalue weighted by molar-refractivity contribution is -0.427. The first kappa shape index (κ1) is 30.5. The van der Waals surface area contributed by atoms with Gasteiger partial charge in [-0.25, -0.2) is 5.43 Å². The number of quaternary nitrogens is 1. The maximum Gasteiger partial charge on any atom is 0.264 e. The first-order valence-electron chi connectivity index (χ1n) is 16.2. The molecule has 0 bridgehead atoms. The number of allylic oxidation sites excluding steroid dienone is 6. The number of hydrogen-bond acceptors (Lipinski definition) is 2. The Morgan fingerprint density at radius 1 is 0.800 bits per heavy atom. The molecule has 0 aromatic heterocycles. The molecule has 2 aliphatic heterocycles. The minimum atomic E-state index is -0.150. The molecule has 0 radical (unpaired) electrons. The van der Waals surface area contributed by atoms with Crippen LogP contribution < -0.4 is 16.2 Å². The van der Waals surface area contributed by atoms with Crippen molar-refractivity contribution in [1.82, 2.24) is 5.43 Å². The molecule has 4 aromatic rings. The second kappa shape index (κ2) is 12.1. The van der Waals surface area contributed by atoms with Gasteiger partial charge >= 0.3 is 0 Å². The van der Waals surface area contributed by atoms with Crippen LogP contribution in [-0.4, -0.2) is 29.8 Å². The number of benzene rings is 4. The number of amides is 1. The summed E-state index contributed by atoms with van der Waals surface area (Å²) in [5, 5.41) is 5.21. The largest absolute Gasteiger partial charge is 0.344 e. The molecule has 5 heteroatoms. The molecular formula is C40H46N4O+2. The van der Waals surface area contributed by atoms with Crippen LogP contribution in [0.4, 0.5) is 11.4 Å². The van der Waals surface area contributed by atoms with Gasteiger partial charge in [0.25, 0.3) is 5.91 Å². The molecule has 0 fully saturated rings. The van der Waals surface area contributed by atoms with Gasteiger partial charge < -0.3 is 4.90 Å². The summed E-state index contributed by atoms with van der Waals surface area (Å²) in [6, 6.07) is 26.4. The Morgan fingerprint density at radius 2 is 1.47 bits per heavy atom. The number of nitrogens with one attached hydrogen (secondary N) is 1. The van der Waals surface area contributed by atoms with Crippen LogP contribution in [-0.2, 0) is 15.6 Å². The fraction of sp³-hybridized carbons (Fsp3) is 0.300. The van der Waals surface area contributed by atoms with Crippen LogP contribution in [0, 0.1) is 0 Å². The van der Waals surface area contributed by atoms with Gasteiger partial charge in [0.2, 0.25) is 5.69 Å². The summed E-state index contributed by atoms with van der Waals surface area (Å²) in [6.07, 6.45) is 14.5. The summed E-state index contributed by atoms with van der Waals surface area (Å²) >= 11 is 0. The van der Waals surface area contributed by atoms with E-state index in [-0.39, 0.29) is 16.7 Å². The molecule has 6 rings (SSSR count). The number of hydrogen-bond donors (Lipinski definition) is 2. The van der Waals surface area contributed by atoms with Gasteiger partial charge in [0.15, 0.2) is 5.71 Å². The molecule has 230 valence electrons. The van der Waals surface area contributed by atoms with Crippen LogP contribution in [0.25, 0.3) is 21.5 Å². The van der Waals surface area contributed by atoms with Crippen molar-refractivity contribution in [3.8, 4) is 0 Å². The third-order valence-corrected chi connectivity index (χ3v) is 9.86. The quantitative estimate of drug-likeness (QED) is 0.0901. The maximum absolute atomic E-state index is 11.7. The van der Waals surface area contributed by atoms with Crippen LogP contribution in [0.5, 0.6) is 0 Å². The first-order valence-corrected chi connectivity index (χ1v) is 16.2. The van der Waals surface area contributed by atoms with E-state index >= 15 is 0 Å². The molecule has 4 aromatic carbocycles. The van der Waals surface area contributed by atoms with Crippen molar-refractivity contribution in [2.45, 2.75) is 64.2 Å². The fourth-order valence-electron chi connectivity index (χ4n) is 7.65. The van der Waals surface area contributed by atoms with E-state index in [9.17, 15) is 4.79 Å². The Morgan fingerprint density at radius 3 is 2.18 bits per heavy atom. The van der Waals surface area contributed by atoms with Crippen molar-refractivity contribution in [1.29, 1.82) is 0 Å². The van der Waals surface area contributed by atoms with Gasteiger partial charge in [0, 0.05) is 47.5 Å². The maximum atomic E-state index is 11.7. The lowest BCUT2D eigenvalue weighted by atomic mass is 9.79. The average molecular weight is 599 g/mol. The average Bonchev–Trinajstić information content (AvgIpc) is 3.38. The lowest BCUT2D eigenvalue weighted by Crippen LogP contribution is -2.67. The van der Waals surface area contributed by atoms with Crippen molar-refractivity contribution in [3.05, 3.63) is 120 Å². The molecule has 45 heavy (non-hydrogen) atoms. The van der Waals surface area contributed by atoms with Crippen LogP contribution in [0.15, 0.2) is 109 Å². The molecule has 0 saturated carbocycles. The van der Waals surface area contributed by atoms with Gasteiger partial charge in [-0.1, -0.05) is 93.1 Å². The molecule has 4 N–H and O–H groups in total. The van der Waals surface area contributed by atoms with Crippen molar-refractivity contribution >= 4 is 44.5 Å². The zero-order valence-corrected chi connectivity index (χ0v) is 27.4. The molecule has 0 unspecified atom stereocenters. The second-order valence-corrected chi connectivity index (χ2v) is 13.4. The number of fused-ring (bicyclic) bond motifs is 6. The first-order chi connectivity index (χ1) is 21.7. The minimum absolute atomic E-state index is 0.00970. The molecule has 2 heterocycles. The predicted octanol–water partition coefficient (Wildman–Crippen LogP) is 7.63. The number of nitrogens with zero attached hydrogens (tertiary/aromatic N) is 2. The summed E-state index contributed by atoms with van der Waals surface area (Å²) in [5.41, 5.74) is 10.2. The van der Waals surface area contributed by atoms with E-state index in [4.69, 9.17) is 0 Å². The number of carbonyl (C=O) groups is 1. The monoisotopic (exact) mass is 598 g/mol. The van der Waals surface area contributed by atoms with E-state index in [1.807, 2.05) is 0 Å². The number of carbonyl (C=O) groups excluding carboxylic acids is 1. The molecule has 5 nitrogen and oxygen atoms in total. The highest BCUT2D eigenvalue weighted by Gasteiger charge is 2.44. The number of anilines is 1. The van der Waals surface area contributed by atoms with Crippen molar-refractivity contribution in [2.24, 2.45) is 0 Å². The topological polar surface area (TPSA) is 63.0 Å². The van der Waals surface area contributed by atoms with Crippen LogP contribution in [0.1, 0.15) is 64.5 Å². The highest BCUT2D eigenvalue weighted by Crippen LogP contribution is 2.51. The number of rotatable bonds is 9. The molecule has 0 aliphatic carbocycles. The van der Waals surface area contributed by atoms with Gasteiger partial charge in [0.05, 0.1) is 5.41 Å². The SMILES string of the molecule is C[N+]1=C(C=CC=CC=C2N(CCCCCC(=O)N[NH3+])c3ccc4ccccc4c3C2(C)C)C(C)(C)c2c1ccc1ccccc21. The van der Waals surface area contributed by atoms with Crippen LogP contribution in [0.2, 0.25) is 0 Å². The van der Waals surface area contributed by atoms with E-state index in [0.29, 0.717) is 6.42 Å². The second-order valence-electron chi connectivity index (χ2n) is 13.4. The molecule has 0 spiro atoms. The molecule has 2 aliphatic rings. The Kier molecular flexibility index (Phi) is 8.23.